The van der Waals surface area contributed by atoms with Crippen molar-refractivity contribution in [3.05, 3.63) is 29.8 Å². The van der Waals surface area contributed by atoms with Crippen LogP contribution >= 0.6 is 0 Å². The van der Waals surface area contributed by atoms with Gasteiger partial charge in [0, 0.05) is 6.42 Å². The summed E-state index contributed by atoms with van der Waals surface area (Å²) in [5, 5.41) is 0. The van der Waals surface area contributed by atoms with Gasteiger partial charge in [-0.05, 0) is 17.7 Å². The Morgan fingerprint density at radius 3 is 3.00 bits per heavy atom. The highest BCUT2D eigenvalue weighted by atomic mass is 16.5. The average molecular weight is 180 g/mol. The smallest absolute Gasteiger partial charge is 0.293 e. The standard InChI is InChI=1S/C10H12O3/c1-12-10-4-2-3-9(7-10)5-6-13-8-11/h2-4,7-8H,5-6H2,1H3. The number of carbonyl (C=O) groups is 1. The first-order valence-electron chi connectivity index (χ1n) is 4.05. The van der Waals surface area contributed by atoms with E-state index in [1.54, 1.807) is 7.11 Å². The minimum absolute atomic E-state index is 0.413. The Bertz CT molecular complexity index is 271. The third kappa shape index (κ3) is 3.15. The minimum atomic E-state index is 0.413. The molecule has 0 aliphatic carbocycles. The van der Waals surface area contributed by atoms with Gasteiger partial charge in [-0.2, -0.15) is 0 Å². The number of hydrogen-bond acceptors (Lipinski definition) is 3. The predicted octanol–water partition coefficient (Wildman–Crippen LogP) is 1.41. The second-order valence-corrected chi connectivity index (χ2v) is 2.57. The van der Waals surface area contributed by atoms with Crippen LogP contribution < -0.4 is 4.74 Å². The summed E-state index contributed by atoms with van der Waals surface area (Å²) in [5.74, 6) is 0.823. The zero-order valence-corrected chi connectivity index (χ0v) is 7.53. The predicted molar refractivity (Wildman–Crippen MR) is 48.7 cm³/mol. The van der Waals surface area contributed by atoms with E-state index >= 15 is 0 Å². The molecular formula is C10H12O3. The summed E-state index contributed by atoms with van der Waals surface area (Å²) < 4.78 is 9.64. The summed E-state index contributed by atoms with van der Waals surface area (Å²) in [7, 11) is 1.63. The molecule has 0 atom stereocenters. The lowest BCUT2D eigenvalue weighted by Gasteiger charge is -2.03. The molecule has 0 unspecified atom stereocenters. The Labute approximate surface area is 77.3 Å². The molecule has 0 saturated heterocycles. The van der Waals surface area contributed by atoms with Crippen LogP contribution in [0.2, 0.25) is 0 Å². The first-order chi connectivity index (χ1) is 6.36. The van der Waals surface area contributed by atoms with Crippen molar-refractivity contribution in [2.75, 3.05) is 13.7 Å². The summed E-state index contributed by atoms with van der Waals surface area (Å²) in [6, 6.07) is 7.68. The van der Waals surface area contributed by atoms with Gasteiger partial charge in [-0.25, -0.2) is 0 Å². The molecule has 0 saturated carbocycles. The molecule has 3 nitrogen and oxygen atoms in total. The zero-order valence-electron chi connectivity index (χ0n) is 7.53. The lowest BCUT2D eigenvalue weighted by Crippen LogP contribution is -1.96. The summed E-state index contributed by atoms with van der Waals surface area (Å²) in [5.41, 5.74) is 1.10. The van der Waals surface area contributed by atoms with Gasteiger partial charge >= 0.3 is 0 Å². The van der Waals surface area contributed by atoms with Gasteiger partial charge in [0.05, 0.1) is 13.7 Å². The fourth-order valence-electron chi connectivity index (χ4n) is 1.05. The van der Waals surface area contributed by atoms with E-state index in [9.17, 15) is 4.79 Å². The van der Waals surface area contributed by atoms with Crippen molar-refractivity contribution in [3.8, 4) is 5.75 Å². The van der Waals surface area contributed by atoms with E-state index in [1.165, 1.54) is 0 Å². The fourth-order valence-corrected chi connectivity index (χ4v) is 1.05. The van der Waals surface area contributed by atoms with E-state index in [-0.39, 0.29) is 0 Å². The van der Waals surface area contributed by atoms with E-state index in [4.69, 9.17) is 4.74 Å². The molecule has 1 rings (SSSR count). The maximum absolute atomic E-state index is 9.87. The molecule has 0 aliphatic heterocycles. The first-order valence-corrected chi connectivity index (χ1v) is 4.05. The molecule has 3 heteroatoms. The average Bonchev–Trinajstić information content (AvgIpc) is 2.19. The second kappa shape index (κ2) is 5.19. The van der Waals surface area contributed by atoms with Gasteiger partial charge < -0.3 is 9.47 Å². The Morgan fingerprint density at radius 1 is 1.46 bits per heavy atom. The van der Waals surface area contributed by atoms with Crippen LogP contribution in [0.3, 0.4) is 0 Å². The summed E-state index contributed by atoms with van der Waals surface area (Å²) in [6.07, 6.45) is 0.718. The Kier molecular flexibility index (Phi) is 3.82. The molecule has 0 fully saturated rings. The molecule has 0 amide bonds. The van der Waals surface area contributed by atoms with E-state index in [0.29, 0.717) is 13.1 Å². The van der Waals surface area contributed by atoms with Crippen LogP contribution in [0.5, 0.6) is 5.75 Å². The van der Waals surface area contributed by atoms with Crippen molar-refractivity contribution in [1.82, 2.24) is 0 Å². The number of benzene rings is 1. The lowest BCUT2D eigenvalue weighted by atomic mass is 10.1. The summed E-state index contributed by atoms with van der Waals surface area (Å²) in [6.45, 7) is 0.872. The molecule has 1 aromatic carbocycles. The molecule has 13 heavy (non-hydrogen) atoms. The third-order valence-electron chi connectivity index (χ3n) is 1.71. The minimum Gasteiger partial charge on any atom is -0.497 e. The number of carbonyl (C=O) groups excluding carboxylic acids is 1. The largest absolute Gasteiger partial charge is 0.497 e. The molecule has 1 aromatic rings. The van der Waals surface area contributed by atoms with Gasteiger partial charge in [0.1, 0.15) is 5.75 Å². The number of methoxy groups -OCH3 is 1. The second-order valence-electron chi connectivity index (χ2n) is 2.57. The van der Waals surface area contributed by atoms with Crippen molar-refractivity contribution in [3.63, 3.8) is 0 Å². The van der Waals surface area contributed by atoms with Crippen LogP contribution in [0, 0.1) is 0 Å². The SMILES string of the molecule is COc1cccc(CCOC=O)c1. The normalized spacial score (nSPS) is 9.31. The summed E-state index contributed by atoms with van der Waals surface area (Å²) in [4.78, 5) is 9.87. The van der Waals surface area contributed by atoms with Gasteiger partial charge in [0.15, 0.2) is 0 Å². The molecular weight excluding hydrogens is 168 g/mol. The van der Waals surface area contributed by atoms with Crippen molar-refractivity contribution in [1.29, 1.82) is 0 Å². The Hall–Kier alpha value is -1.51. The van der Waals surface area contributed by atoms with Crippen LogP contribution in [0.1, 0.15) is 5.56 Å². The molecule has 0 radical (unpaired) electrons. The first kappa shape index (κ1) is 9.58. The maximum Gasteiger partial charge on any atom is 0.293 e. The Balaban J connectivity index is 2.50. The van der Waals surface area contributed by atoms with Gasteiger partial charge in [-0.1, -0.05) is 12.1 Å². The van der Waals surface area contributed by atoms with Crippen molar-refractivity contribution >= 4 is 6.47 Å². The van der Waals surface area contributed by atoms with Gasteiger partial charge in [0.2, 0.25) is 0 Å². The fraction of sp³-hybridized carbons (Fsp3) is 0.300. The van der Waals surface area contributed by atoms with Crippen LogP contribution in [-0.2, 0) is 16.0 Å². The van der Waals surface area contributed by atoms with Crippen LogP contribution in [0.25, 0.3) is 0 Å². The summed E-state index contributed by atoms with van der Waals surface area (Å²) >= 11 is 0. The molecule has 70 valence electrons. The monoisotopic (exact) mass is 180 g/mol. The maximum atomic E-state index is 9.87. The van der Waals surface area contributed by atoms with Crippen molar-refractivity contribution in [2.45, 2.75) is 6.42 Å². The lowest BCUT2D eigenvalue weighted by molar-refractivity contribution is -0.128. The van der Waals surface area contributed by atoms with E-state index in [1.807, 2.05) is 24.3 Å². The molecule has 0 aliphatic rings. The molecule has 0 spiro atoms. The highest BCUT2D eigenvalue weighted by Gasteiger charge is 1.95. The molecule has 0 heterocycles. The molecule has 0 aromatic heterocycles. The highest BCUT2D eigenvalue weighted by molar-refractivity contribution is 5.37. The van der Waals surface area contributed by atoms with Crippen LogP contribution in [0.15, 0.2) is 24.3 Å². The topological polar surface area (TPSA) is 35.5 Å². The highest BCUT2D eigenvalue weighted by Crippen LogP contribution is 2.12. The van der Waals surface area contributed by atoms with Gasteiger partial charge in [-0.15, -0.1) is 0 Å². The quantitative estimate of drug-likeness (QED) is 0.507. The van der Waals surface area contributed by atoms with E-state index < -0.39 is 0 Å². The van der Waals surface area contributed by atoms with Gasteiger partial charge in [0.25, 0.3) is 6.47 Å². The molecule has 0 bridgehead atoms. The van der Waals surface area contributed by atoms with Crippen LogP contribution in [-0.4, -0.2) is 20.2 Å². The molecule has 0 N–H and O–H groups in total. The van der Waals surface area contributed by atoms with E-state index in [2.05, 4.69) is 4.74 Å². The number of hydrogen-bond donors (Lipinski definition) is 0. The van der Waals surface area contributed by atoms with Crippen LogP contribution in [0.4, 0.5) is 0 Å². The Morgan fingerprint density at radius 2 is 2.31 bits per heavy atom. The third-order valence-corrected chi connectivity index (χ3v) is 1.71. The zero-order chi connectivity index (χ0) is 9.52. The van der Waals surface area contributed by atoms with Gasteiger partial charge in [-0.3, -0.25) is 4.79 Å². The number of rotatable bonds is 5. The number of ether oxygens (including phenoxy) is 2. The van der Waals surface area contributed by atoms with E-state index in [0.717, 1.165) is 17.7 Å². The van der Waals surface area contributed by atoms with Crippen molar-refractivity contribution in [2.24, 2.45) is 0 Å². The van der Waals surface area contributed by atoms with Crippen molar-refractivity contribution < 1.29 is 14.3 Å².